The van der Waals surface area contributed by atoms with Gasteiger partial charge in [0, 0.05) is 17.7 Å². The summed E-state index contributed by atoms with van der Waals surface area (Å²) in [6.07, 6.45) is 3.70. The van der Waals surface area contributed by atoms with Gasteiger partial charge in [0.05, 0.1) is 0 Å². The fourth-order valence-corrected chi connectivity index (χ4v) is 1.52. The molecule has 4 nitrogen and oxygen atoms in total. The van der Waals surface area contributed by atoms with Crippen molar-refractivity contribution in [1.82, 2.24) is 0 Å². The van der Waals surface area contributed by atoms with Crippen molar-refractivity contribution in [3.05, 3.63) is 42.0 Å². The van der Waals surface area contributed by atoms with Gasteiger partial charge in [-0.25, -0.2) is 9.59 Å². The largest absolute Gasteiger partial charge is 0.419 e. The summed E-state index contributed by atoms with van der Waals surface area (Å²) in [7, 11) is 0. The number of esters is 2. The van der Waals surface area contributed by atoms with Crippen LogP contribution in [-0.4, -0.2) is 11.9 Å². The fourth-order valence-electron chi connectivity index (χ4n) is 1.52. The lowest BCUT2D eigenvalue weighted by Crippen LogP contribution is -2.14. The molecule has 0 saturated carbocycles. The van der Waals surface area contributed by atoms with Crippen LogP contribution >= 0.6 is 0 Å². The predicted molar refractivity (Wildman–Crippen MR) is 61.7 cm³/mol. The Morgan fingerprint density at radius 2 is 1.76 bits per heavy atom. The van der Waals surface area contributed by atoms with Crippen molar-refractivity contribution < 1.29 is 19.1 Å². The Balaban J connectivity index is 2.58. The number of carbonyl (C=O) groups is 2. The first-order chi connectivity index (χ1) is 8.11. The van der Waals surface area contributed by atoms with E-state index in [9.17, 15) is 9.59 Å². The first-order valence-electron chi connectivity index (χ1n) is 4.99. The molecule has 1 aromatic rings. The quantitative estimate of drug-likeness (QED) is 0.547. The van der Waals surface area contributed by atoms with Gasteiger partial charge in [-0.1, -0.05) is 18.7 Å². The van der Waals surface area contributed by atoms with Crippen LogP contribution in [0.5, 0.6) is 11.5 Å². The van der Waals surface area contributed by atoms with E-state index < -0.39 is 11.9 Å². The summed E-state index contributed by atoms with van der Waals surface area (Å²) in [5.74, 6) is -0.721. The third kappa shape index (κ3) is 2.10. The van der Waals surface area contributed by atoms with Gasteiger partial charge < -0.3 is 9.47 Å². The molecule has 4 heteroatoms. The molecule has 1 aromatic carbocycles. The molecule has 0 atom stereocenters. The summed E-state index contributed by atoms with van der Waals surface area (Å²) < 4.78 is 10.1. The maximum absolute atomic E-state index is 11.4. The van der Waals surface area contributed by atoms with E-state index in [1.165, 1.54) is 0 Å². The first kappa shape index (κ1) is 11.1. The number of carbonyl (C=O) groups excluding carboxylic acids is 2. The Kier molecular flexibility index (Phi) is 2.78. The topological polar surface area (TPSA) is 52.6 Å². The zero-order valence-electron chi connectivity index (χ0n) is 9.23. The highest BCUT2D eigenvalue weighted by atomic mass is 16.6. The van der Waals surface area contributed by atoms with Crippen LogP contribution in [0.1, 0.15) is 11.1 Å². The second-order valence-electron chi connectivity index (χ2n) is 3.49. The lowest BCUT2D eigenvalue weighted by atomic mass is 10.1. The molecule has 0 radical (unpaired) electrons. The highest BCUT2D eigenvalue weighted by Crippen LogP contribution is 2.34. The molecule has 0 unspecified atom stereocenters. The van der Waals surface area contributed by atoms with Crippen LogP contribution in [0.2, 0.25) is 0 Å². The average Bonchev–Trinajstić information content (AvgIpc) is 2.29. The van der Waals surface area contributed by atoms with Crippen molar-refractivity contribution in [1.29, 1.82) is 0 Å². The highest BCUT2D eigenvalue weighted by molar-refractivity contribution is 5.95. The summed E-state index contributed by atoms with van der Waals surface area (Å²) in [4.78, 5) is 22.6. The Morgan fingerprint density at radius 1 is 1.12 bits per heavy atom. The van der Waals surface area contributed by atoms with Gasteiger partial charge in [-0.05, 0) is 18.6 Å². The van der Waals surface area contributed by atoms with Gasteiger partial charge in [0.1, 0.15) is 0 Å². The third-order valence-corrected chi connectivity index (χ3v) is 2.40. The minimum atomic E-state index is -0.604. The summed E-state index contributed by atoms with van der Waals surface area (Å²) in [6.45, 7) is 5.42. The van der Waals surface area contributed by atoms with E-state index in [0.717, 1.165) is 17.7 Å². The van der Waals surface area contributed by atoms with E-state index in [-0.39, 0.29) is 11.5 Å². The minimum Gasteiger partial charge on any atom is -0.419 e. The number of benzene rings is 1. The van der Waals surface area contributed by atoms with Gasteiger partial charge in [-0.2, -0.15) is 0 Å². The zero-order chi connectivity index (χ0) is 12.4. The number of hydrogen-bond donors (Lipinski definition) is 0. The second-order valence-corrected chi connectivity index (χ2v) is 3.49. The van der Waals surface area contributed by atoms with Gasteiger partial charge in [-0.3, -0.25) is 0 Å². The van der Waals surface area contributed by atoms with Crippen molar-refractivity contribution in [3.8, 4) is 11.5 Å². The van der Waals surface area contributed by atoms with Crippen LogP contribution in [0.4, 0.5) is 0 Å². The van der Waals surface area contributed by atoms with Crippen LogP contribution in [-0.2, 0) is 9.59 Å². The molecule has 1 aliphatic rings. The number of rotatable bonds is 1. The lowest BCUT2D eigenvalue weighted by Gasteiger charge is -2.14. The Hall–Kier alpha value is -2.36. The molecule has 17 heavy (non-hydrogen) atoms. The Bertz CT molecular complexity index is 541. The van der Waals surface area contributed by atoms with Gasteiger partial charge in [0.25, 0.3) is 0 Å². The van der Waals surface area contributed by atoms with Crippen LogP contribution in [0.3, 0.4) is 0 Å². The first-order valence-corrected chi connectivity index (χ1v) is 4.99. The highest BCUT2D eigenvalue weighted by Gasteiger charge is 2.18. The van der Waals surface area contributed by atoms with Crippen molar-refractivity contribution in [2.75, 3.05) is 0 Å². The van der Waals surface area contributed by atoms with Crippen molar-refractivity contribution >= 4 is 18.0 Å². The third-order valence-electron chi connectivity index (χ3n) is 2.40. The number of ether oxygens (including phenoxy) is 2. The summed E-state index contributed by atoms with van der Waals surface area (Å²) in [6, 6.07) is 3.32. The molecule has 0 saturated heterocycles. The van der Waals surface area contributed by atoms with Gasteiger partial charge in [-0.15, -0.1) is 0 Å². The van der Waals surface area contributed by atoms with Crippen molar-refractivity contribution in [2.45, 2.75) is 6.92 Å². The summed E-state index contributed by atoms with van der Waals surface area (Å²) in [5, 5.41) is 0. The lowest BCUT2D eigenvalue weighted by molar-refractivity contribution is -0.133. The van der Waals surface area contributed by atoms with E-state index in [1.807, 2.05) is 0 Å². The fraction of sp³-hybridized carbons (Fsp3) is 0.0769. The molecule has 1 aliphatic heterocycles. The van der Waals surface area contributed by atoms with Crippen molar-refractivity contribution in [2.24, 2.45) is 0 Å². The standard InChI is InChI=1S/C13H10O4/c1-3-9-4-5-10-13(8(9)2)17-12(15)7-6-11(14)16-10/h3-7H,1H2,2H3/b7-6-. The molecule has 0 bridgehead atoms. The van der Waals surface area contributed by atoms with E-state index in [4.69, 9.17) is 9.47 Å². The number of fused-ring (bicyclic) bond motifs is 1. The molecule has 0 fully saturated rings. The van der Waals surface area contributed by atoms with Crippen LogP contribution < -0.4 is 9.47 Å². The smallest absolute Gasteiger partial charge is 0.336 e. The molecule has 2 rings (SSSR count). The van der Waals surface area contributed by atoms with Crippen molar-refractivity contribution in [3.63, 3.8) is 0 Å². The summed E-state index contributed by atoms with van der Waals surface area (Å²) >= 11 is 0. The predicted octanol–water partition coefficient (Wildman–Crippen LogP) is 2.02. The monoisotopic (exact) mass is 230 g/mol. The maximum Gasteiger partial charge on any atom is 0.336 e. The average molecular weight is 230 g/mol. The molecule has 0 spiro atoms. The second kappa shape index (κ2) is 4.25. The SMILES string of the molecule is C=Cc1ccc2c(c1C)OC(=O)/C=C\C(=O)O2. The summed E-state index contributed by atoms with van der Waals surface area (Å²) in [5.41, 5.74) is 1.52. The van der Waals surface area contributed by atoms with Crippen LogP contribution in [0.25, 0.3) is 6.08 Å². The molecular weight excluding hydrogens is 220 g/mol. The van der Waals surface area contributed by atoms with E-state index >= 15 is 0 Å². The van der Waals surface area contributed by atoms with Crippen LogP contribution in [0.15, 0.2) is 30.9 Å². The molecule has 1 heterocycles. The zero-order valence-corrected chi connectivity index (χ0v) is 9.23. The molecule has 86 valence electrons. The van der Waals surface area contributed by atoms with Gasteiger partial charge >= 0.3 is 11.9 Å². The van der Waals surface area contributed by atoms with E-state index in [2.05, 4.69) is 6.58 Å². The minimum absolute atomic E-state index is 0.232. The Labute approximate surface area is 98.2 Å². The van der Waals surface area contributed by atoms with Gasteiger partial charge in [0.15, 0.2) is 11.5 Å². The molecule has 0 aromatic heterocycles. The van der Waals surface area contributed by atoms with Crippen LogP contribution in [0, 0.1) is 6.92 Å². The Morgan fingerprint density at radius 3 is 2.41 bits per heavy atom. The molecular formula is C13H10O4. The number of hydrogen-bond acceptors (Lipinski definition) is 4. The van der Waals surface area contributed by atoms with E-state index in [0.29, 0.717) is 5.56 Å². The molecule has 0 aliphatic carbocycles. The van der Waals surface area contributed by atoms with E-state index in [1.54, 1.807) is 25.1 Å². The van der Waals surface area contributed by atoms with Gasteiger partial charge in [0.2, 0.25) is 0 Å². The maximum atomic E-state index is 11.4. The molecule has 0 amide bonds. The molecule has 0 N–H and O–H groups in total. The normalized spacial score (nSPS) is 16.1.